The fraction of sp³-hybridized carbons (Fsp3) is 0.500. The van der Waals surface area contributed by atoms with Gasteiger partial charge in [-0.15, -0.1) is 0 Å². The quantitative estimate of drug-likeness (QED) is 0.652. The molecule has 2 N–H and O–H groups in total. The van der Waals surface area contributed by atoms with Gasteiger partial charge in [-0.05, 0) is 0 Å². The van der Waals surface area contributed by atoms with Crippen molar-refractivity contribution in [3.8, 4) is 0 Å². The van der Waals surface area contributed by atoms with Crippen LogP contribution in [0.2, 0.25) is 0 Å². The summed E-state index contributed by atoms with van der Waals surface area (Å²) in [6.07, 6.45) is 2.47. The van der Waals surface area contributed by atoms with E-state index in [4.69, 9.17) is 5.11 Å². The molecular weight excluding hydrogens is 170 g/mol. The molecule has 0 saturated heterocycles. The fourth-order valence-corrected chi connectivity index (χ4v) is 1.58. The number of carboxylic acids is 1. The van der Waals surface area contributed by atoms with Crippen LogP contribution in [0.4, 0.5) is 0 Å². The molecule has 2 rings (SSSR count). The van der Waals surface area contributed by atoms with Crippen LogP contribution in [-0.2, 0) is 24.3 Å². The molecule has 0 bridgehead atoms. The van der Waals surface area contributed by atoms with Crippen LogP contribution in [0.5, 0.6) is 0 Å². The molecule has 2 heterocycles. The minimum absolute atomic E-state index is 0.0162. The highest BCUT2D eigenvalue weighted by molar-refractivity contribution is 5.66. The number of imidazole rings is 1. The molecule has 13 heavy (non-hydrogen) atoms. The van der Waals surface area contributed by atoms with Gasteiger partial charge in [0, 0.05) is 25.2 Å². The molecule has 0 saturated carbocycles. The van der Waals surface area contributed by atoms with Crippen molar-refractivity contribution in [1.29, 1.82) is 0 Å². The summed E-state index contributed by atoms with van der Waals surface area (Å²) in [6, 6.07) is 0. The smallest absolute Gasteiger partial charge is 0.323 e. The highest BCUT2D eigenvalue weighted by atomic mass is 16.4. The number of aromatic nitrogens is 2. The number of rotatable bonds is 2. The van der Waals surface area contributed by atoms with Gasteiger partial charge >= 0.3 is 5.97 Å². The molecule has 0 fully saturated rings. The van der Waals surface area contributed by atoms with Crippen molar-refractivity contribution in [2.24, 2.45) is 0 Å². The fourth-order valence-electron chi connectivity index (χ4n) is 1.58. The van der Waals surface area contributed by atoms with Gasteiger partial charge in [0.1, 0.15) is 6.54 Å². The summed E-state index contributed by atoms with van der Waals surface area (Å²) in [5.41, 5.74) is 2.04. The van der Waals surface area contributed by atoms with E-state index in [1.54, 1.807) is 10.9 Å². The SMILES string of the molecule is O=C(O)Cn1cnc2c1CCNC2. The van der Waals surface area contributed by atoms with Crippen LogP contribution in [0.15, 0.2) is 6.33 Å². The number of fused-ring (bicyclic) bond motifs is 1. The molecule has 0 radical (unpaired) electrons. The Balaban J connectivity index is 2.26. The number of carboxylic acid groups (broad SMARTS) is 1. The maximum atomic E-state index is 10.5. The first-order chi connectivity index (χ1) is 6.27. The van der Waals surface area contributed by atoms with Gasteiger partial charge in [0.25, 0.3) is 0 Å². The lowest BCUT2D eigenvalue weighted by Gasteiger charge is -2.13. The highest BCUT2D eigenvalue weighted by Gasteiger charge is 2.15. The molecule has 5 nitrogen and oxygen atoms in total. The molecule has 0 unspecified atom stereocenters. The lowest BCUT2D eigenvalue weighted by atomic mass is 10.2. The van der Waals surface area contributed by atoms with E-state index in [-0.39, 0.29) is 6.54 Å². The van der Waals surface area contributed by atoms with E-state index in [0.717, 1.165) is 30.9 Å². The van der Waals surface area contributed by atoms with Gasteiger partial charge < -0.3 is 15.0 Å². The zero-order valence-electron chi connectivity index (χ0n) is 7.16. The summed E-state index contributed by atoms with van der Waals surface area (Å²) in [5.74, 6) is -0.821. The number of carbonyl (C=O) groups is 1. The van der Waals surface area contributed by atoms with Gasteiger partial charge in [-0.2, -0.15) is 0 Å². The van der Waals surface area contributed by atoms with Crippen LogP contribution < -0.4 is 5.32 Å². The molecule has 5 heteroatoms. The summed E-state index contributed by atoms with van der Waals surface area (Å²) >= 11 is 0. The van der Waals surface area contributed by atoms with Gasteiger partial charge in [-0.3, -0.25) is 4.79 Å². The van der Waals surface area contributed by atoms with E-state index in [2.05, 4.69) is 10.3 Å². The zero-order valence-corrected chi connectivity index (χ0v) is 7.16. The second kappa shape index (κ2) is 3.18. The van der Waals surface area contributed by atoms with Crippen molar-refractivity contribution < 1.29 is 9.90 Å². The van der Waals surface area contributed by atoms with E-state index < -0.39 is 5.97 Å². The van der Waals surface area contributed by atoms with E-state index in [9.17, 15) is 4.79 Å². The minimum Gasteiger partial charge on any atom is -0.480 e. The van der Waals surface area contributed by atoms with Gasteiger partial charge in [-0.1, -0.05) is 0 Å². The number of nitrogens with zero attached hydrogens (tertiary/aromatic N) is 2. The van der Waals surface area contributed by atoms with Crippen molar-refractivity contribution >= 4 is 5.97 Å². The Hall–Kier alpha value is -1.36. The average Bonchev–Trinajstić information content (AvgIpc) is 2.48. The van der Waals surface area contributed by atoms with Crippen LogP contribution in [-0.4, -0.2) is 27.2 Å². The molecule has 0 atom stereocenters. The topological polar surface area (TPSA) is 67.1 Å². The molecule has 0 amide bonds. The first-order valence-electron chi connectivity index (χ1n) is 4.23. The Kier molecular flexibility index (Phi) is 2.02. The van der Waals surface area contributed by atoms with Crippen LogP contribution in [0, 0.1) is 0 Å². The number of aliphatic carboxylic acids is 1. The third kappa shape index (κ3) is 1.55. The van der Waals surface area contributed by atoms with Crippen molar-refractivity contribution in [3.63, 3.8) is 0 Å². The Morgan fingerprint density at radius 1 is 1.77 bits per heavy atom. The van der Waals surface area contributed by atoms with E-state index in [1.165, 1.54) is 0 Å². The summed E-state index contributed by atoms with van der Waals surface area (Å²) in [4.78, 5) is 14.6. The maximum absolute atomic E-state index is 10.5. The molecule has 1 aliphatic rings. The van der Waals surface area contributed by atoms with E-state index >= 15 is 0 Å². The minimum atomic E-state index is -0.821. The molecule has 0 aliphatic carbocycles. The van der Waals surface area contributed by atoms with Crippen LogP contribution in [0.3, 0.4) is 0 Å². The van der Waals surface area contributed by atoms with Crippen molar-refractivity contribution in [1.82, 2.24) is 14.9 Å². The molecular formula is C8H11N3O2. The standard InChI is InChI=1S/C8H11N3O2/c12-8(13)4-11-5-10-6-3-9-2-1-7(6)11/h5,9H,1-4H2,(H,12,13). The Bertz CT molecular complexity index is 332. The normalized spacial score (nSPS) is 15.4. The first kappa shape index (κ1) is 8.25. The largest absolute Gasteiger partial charge is 0.480 e. The molecule has 1 aromatic rings. The third-order valence-electron chi connectivity index (χ3n) is 2.17. The molecule has 1 aliphatic heterocycles. The van der Waals surface area contributed by atoms with Gasteiger partial charge in [0.05, 0.1) is 12.0 Å². The van der Waals surface area contributed by atoms with E-state index in [0.29, 0.717) is 0 Å². The van der Waals surface area contributed by atoms with Gasteiger partial charge in [0.15, 0.2) is 0 Å². The Labute approximate surface area is 75.4 Å². The predicted octanol–water partition coefficient (Wildman–Crippen LogP) is -0.387. The average molecular weight is 181 g/mol. The van der Waals surface area contributed by atoms with Crippen LogP contribution in [0.25, 0.3) is 0 Å². The molecule has 0 aromatic carbocycles. The lowest BCUT2D eigenvalue weighted by molar-refractivity contribution is -0.137. The summed E-state index contributed by atoms with van der Waals surface area (Å²) in [5, 5.41) is 11.8. The monoisotopic (exact) mass is 181 g/mol. The van der Waals surface area contributed by atoms with Crippen molar-refractivity contribution in [2.75, 3.05) is 6.54 Å². The summed E-state index contributed by atoms with van der Waals surface area (Å²) in [7, 11) is 0. The van der Waals surface area contributed by atoms with Gasteiger partial charge in [-0.25, -0.2) is 4.98 Å². The van der Waals surface area contributed by atoms with E-state index in [1.807, 2.05) is 0 Å². The third-order valence-corrected chi connectivity index (χ3v) is 2.17. The van der Waals surface area contributed by atoms with Crippen LogP contribution in [0.1, 0.15) is 11.4 Å². The van der Waals surface area contributed by atoms with Gasteiger partial charge in [0.2, 0.25) is 0 Å². The molecule has 70 valence electrons. The summed E-state index contributed by atoms with van der Waals surface area (Å²) < 4.78 is 1.71. The molecule has 1 aromatic heterocycles. The number of hydrogen-bond donors (Lipinski definition) is 2. The number of nitrogens with one attached hydrogen (secondary N) is 1. The van der Waals surface area contributed by atoms with Crippen molar-refractivity contribution in [2.45, 2.75) is 19.5 Å². The van der Waals surface area contributed by atoms with Crippen molar-refractivity contribution in [3.05, 3.63) is 17.7 Å². The predicted molar refractivity (Wildman–Crippen MR) is 45.3 cm³/mol. The summed E-state index contributed by atoms with van der Waals surface area (Å²) in [6.45, 7) is 1.67. The Morgan fingerprint density at radius 3 is 3.38 bits per heavy atom. The lowest BCUT2D eigenvalue weighted by Crippen LogP contribution is -2.25. The number of hydrogen-bond acceptors (Lipinski definition) is 3. The highest BCUT2D eigenvalue weighted by Crippen LogP contribution is 2.11. The first-order valence-corrected chi connectivity index (χ1v) is 4.23. The van der Waals surface area contributed by atoms with Crippen LogP contribution >= 0.6 is 0 Å². The maximum Gasteiger partial charge on any atom is 0.323 e. The zero-order chi connectivity index (χ0) is 9.26. The Morgan fingerprint density at radius 2 is 2.62 bits per heavy atom. The molecule has 0 spiro atoms. The second-order valence-electron chi connectivity index (χ2n) is 3.09. The second-order valence-corrected chi connectivity index (χ2v) is 3.09.